The zero-order valence-corrected chi connectivity index (χ0v) is 22.5. The number of likely N-dealkylation sites (tertiary alicyclic amines) is 2. The molecule has 2 aliphatic rings. The predicted molar refractivity (Wildman–Crippen MR) is 147 cm³/mol. The molecule has 0 spiro atoms. The number of benzene rings is 1. The van der Waals surface area contributed by atoms with Gasteiger partial charge in [-0.1, -0.05) is 36.4 Å². The van der Waals surface area contributed by atoms with Crippen LogP contribution in [0.2, 0.25) is 0 Å². The summed E-state index contributed by atoms with van der Waals surface area (Å²) in [6, 6.07) is 16.3. The monoisotopic (exact) mass is 567 g/mol. The molecule has 0 bridgehead atoms. The topological polar surface area (TPSA) is 42.9 Å². The molecule has 2 aliphatic heterocycles. The van der Waals surface area contributed by atoms with E-state index in [1.807, 2.05) is 18.4 Å². The molecule has 0 aliphatic carbocycles. The lowest BCUT2D eigenvalue weighted by Crippen LogP contribution is -2.50. The average molecular weight is 568 g/mol. The molecule has 1 aromatic heterocycles. The molecule has 7 heteroatoms. The molecule has 4 rings (SSSR count). The van der Waals surface area contributed by atoms with Crippen molar-refractivity contribution < 1.29 is 0 Å². The van der Waals surface area contributed by atoms with Crippen LogP contribution in [0.3, 0.4) is 0 Å². The Labute approximate surface area is 214 Å². The number of thiophene rings is 1. The van der Waals surface area contributed by atoms with Gasteiger partial charge in [-0.15, -0.1) is 35.3 Å². The molecule has 0 saturated carbocycles. The first kappa shape index (κ1) is 25.5. The van der Waals surface area contributed by atoms with Crippen LogP contribution >= 0.6 is 35.3 Å². The number of halogens is 1. The van der Waals surface area contributed by atoms with Gasteiger partial charge >= 0.3 is 0 Å². The second-order valence-electron chi connectivity index (χ2n) is 8.98. The van der Waals surface area contributed by atoms with E-state index in [0.717, 1.165) is 45.0 Å². The summed E-state index contributed by atoms with van der Waals surface area (Å²) in [6.07, 6.45) is 4.88. The van der Waals surface area contributed by atoms with Crippen LogP contribution in [0.1, 0.15) is 42.2 Å². The summed E-state index contributed by atoms with van der Waals surface area (Å²) in [5.74, 6) is 1.57. The third kappa shape index (κ3) is 6.92. The van der Waals surface area contributed by atoms with Crippen molar-refractivity contribution in [3.63, 3.8) is 0 Å². The molecule has 0 amide bonds. The van der Waals surface area contributed by atoms with Gasteiger partial charge in [0.1, 0.15) is 0 Å². The van der Waals surface area contributed by atoms with Crippen molar-refractivity contribution in [1.29, 1.82) is 0 Å². The fourth-order valence-corrected chi connectivity index (χ4v) is 6.06. The van der Waals surface area contributed by atoms with E-state index in [2.05, 4.69) is 80.3 Å². The zero-order chi connectivity index (χ0) is 21.5. The normalized spacial score (nSPS) is 23.5. The first-order valence-electron chi connectivity index (χ1n) is 11.7. The Balaban J connectivity index is 0.00000289. The van der Waals surface area contributed by atoms with Crippen LogP contribution in [-0.2, 0) is 6.54 Å². The van der Waals surface area contributed by atoms with Crippen LogP contribution < -0.4 is 10.6 Å². The number of nitrogens with one attached hydrogen (secondary N) is 2. The number of aliphatic imine (C=N–C) groups is 1. The van der Waals surface area contributed by atoms with E-state index in [-0.39, 0.29) is 24.0 Å². The van der Waals surface area contributed by atoms with Gasteiger partial charge in [-0.3, -0.25) is 14.8 Å². The van der Waals surface area contributed by atoms with Gasteiger partial charge in [0.05, 0.1) is 0 Å². The fourth-order valence-electron chi connectivity index (χ4n) is 5.08. The molecule has 2 unspecified atom stereocenters. The third-order valence-electron chi connectivity index (χ3n) is 6.77. The molecule has 0 radical (unpaired) electrons. The van der Waals surface area contributed by atoms with E-state index >= 15 is 0 Å². The van der Waals surface area contributed by atoms with Gasteiger partial charge < -0.3 is 10.6 Å². The molecule has 1 aromatic carbocycles. The number of hydrogen-bond donors (Lipinski definition) is 2. The number of nitrogens with zero attached hydrogens (tertiary/aromatic N) is 3. The zero-order valence-electron chi connectivity index (χ0n) is 19.4. The SMILES string of the molecule is CN=C(NCC1CCCN(C)C1c1cccs1)NC1CCN(Cc2ccccc2)CC1.I. The second-order valence-corrected chi connectivity index (χ2v) is 9.96. The summed E-state index contributed by atoms with van der Waals surface area (Å²) >= 11 is 1.89. The number of hydrogen-bond acceptors (Lipinski definition) is 4. The molecular weight excluding hydrogens is 529 g/mol. The van der Waals surface area contributed by atoms with E-state index in [1.165, 1.54) is 29.8 Å². The minimum atomic E-state index is 0. The van der Waals surface area contributed by atoms with Crippen LogP contribution in [0.5, 0.6) is 0 Å². The molecule has 2 atom stereocenters. The highest BCUT2D eigenvalue weighted by atomic mass is 127. The number of guanidine groups is 1. The molecule has 5 nitrogen and oxygen atoms in total. The van der Waals surface area contributed by atoms with Crippen molar-refractivity contribution in [3.05, 3.63) is 58.3 Å². The lowest BCUT2D eigenvalue weighted by Gasteiger charge is -2.39. The third-order valence-corrected chi connectivity index (χ3v) is 7.72. The predicted octanol–water partition coefficient (Wildman–Crippen LogP) is 4.58. The minimum absolute atomic E-state index is 0. The first-order valence-corrected chi connectivity index (χ1v) is 12.6. The Kier molecular flexibility index (Phi) is 10.3. The molecule has 2 aromatic rings. The highest BCUT2D eigenvalue weighted by Gasteiger charge is 2.31. The molecule has 32 heavy (non-hydrogen) atoms. The van der Waals surface area contributed by atoms with Crippen molar-refractivity contribution in [3.8, 4) is 0 Å². The molecular formula is C25H38IN5S. The maximum atomic E-state index is 4.53. The quantitative estimate of drug-likeness (QED) is 0.305. The molecule has 176 valence electrons. The van der Waals surface area contributed by atoms with E-state index < -0.39 is 0 Å². The summed E-state index contributed by atoms with van der Waals surface area (Å²) in [6.45, 7) is 5.49. The van der Waals surface area contributed by atoms with Gasteiger partial charge in [0.25, 0.3) is 0 Å². The maximum Gasteiger partial charge on any atom is 0.191 e. The van der Waals surface area contributed by atoms with Crippen LogP contribution in [0.15, 0.2) is 52.8 Å². The van der Waals surface area contributed by atoms with Gasteiger partial charge in [-0.25, -0.2) is 0 Å². The van der Waals surface area contributed by atoms with E-state index in [4.69, 9.17) is 0 Å². The van der Waals surface area contributed by atoms with Gasteiger partial charge in [0.15, 0.2) is 5.96 Å². The summed E-state index contributed by atoms with van der Waals surface area (Å²) < 4.78 is 0. The summed E-state index contributed by atoms with van der Waals surface area (Å²) in [5, 5.41) is 9.55. The van der Waals surface area contributed by atoms with Crippen LogP contribution in [0.4, 0.5) is 0 Å². The molecule has 2 fully saturated rings. The Bertz CT molecular complexity index is 805. The van der Waals surface area contributed by atoms with Crippen LogP contribution in [0, 0.1) is 5.92 Å². The molecule has 2 N–H and O–H groups in total. The number of rotatable bonds is 6. The average Bonchev–Trinajstić information content (AvgIpc) is 3.33. The summed E-state index contributed by atoms with van der Waals surface area (Å²) in [7, 11) is 4.16. The smallest absolute Gasteiger partial charge is 0.191 e. The van der Waals surface area contributed by atoms with Crippen molar-refractivity contribution >= 4 is 41.3 Å². The Morgan fingerprint density at radius 3 is 2.53 bits per heavy atom. The number of piperidine rings is 2. The first-order chi connectivity index (χ1) is 15.2. The van der Waals surface area contributed by atoms with Crippen LogP contribution in [0.25, 0.3) is 0 Å². The second kappa shape index (κ2) is 12.9. The van der Waals surface area contributed by atoms with Crippen LogP contribution in [-0.4, -0.2) is 62.1 Å². The van der Waals surface area contributed by atoms with Gasteiger partial charge in [-0.05, 0) is 62.2 Å². The lowest BCUT2D eigenvalue weighted by molar-refractivity contribution is 0.125. The summed E-state index contributed by atoms with van der Waals surface area (Å²) in [4.78, 5) is 11.1. The standard InChI is InChI=1S/C25H37N5S.HI/c1-26-25(27-18-21-10-6-14-29(2)24(21)23-11-7-17-31-23)28-22-12-15-30(16-13-22)19-20-8-4-3-5-9-20;/h3-5,7-9,11,17,21-22,24H,6,10,12-16,18-19H2,1-2H3,(H2,26,27,28);1H. The van der Waals surface area contributed by atoms with Crippen molar-refractivity contribution in [2.45, 2.75) is 44.3 Å². The van der Waals surface area contributed by atoms with Crippen molar-refractivity contribution in [1.82, 2.24) is 20.4 Å². The highest BCUT2D eigenvalue weighted by Crippen LogP contribution is 2.36. The summed E-state index contributed by atoms with van der Waals surface area (Å²) in [5.41, 5.74) is 1.41. The lowest BCUT2D eigenvalue weighted by atomic mass is 9.88. The van der Waals surface area contributed by atoms with Gasteiger partial charge in [-0.2, -0.15) is 0 Å². The molecule has 3 heterocycles. The van der Waals surface area contributed by atoms with Gasteiger partial charge in [0, 0.05) is 50.2 Å². The molecule has 2 saturated heterocycles. The highest BCUT2D eigenvalue weighted by molar-refractivity contribution is 14.0. The Morgan fingerprint density at radius 1 is 1.06 bits per heavy atom. The largest absolute Gasteiger partial charge is 0.356 e. The fraction of sp³-hybridized carbons (Fsp3) is 0.560. The maximum absolute atomic E-state index is 4.53. The van der Waals surface area contributed by atoms with E-state index in [0.29, 0.717) is 18.0 Å². The Morgan fingerprint density at radius 2 is 1.84 bits per heavy atom. The Hall–Kier alpha value is -1.16. The van der Waals surface area contributed by atoms with E-state index in [9.17, 15) is 0 Å². The van der Waals surface area contributed by atoms with Gasteiger partial charge in [0.2, 0.25) is 0 Å². The van der Waals surface area contributed by atoms with Crippen molar-refractivity contribution in [2.24, 2.45) is 10.9 Å². The van der Waals surface area contributed by atoms with E-state index in [1.54, 1.807) is 0 Å². The van der Waals surface area contributed by atoms with Crippen molar-refractivity contribution in [2.75, 3.05) is 40.3 Å². The minimum Gasteiger partial charge on any atom is -0.356 e.